The van der Waals surface area contributed by atoms with E-state index in [0.29, 0.717) is 24.4 Å². The highest BCUT2D eigenvalue weighted by Crippen LogP contribution is 2.20. The topological polar surface area (TPSA) is 75.7 Å². The number of ether oxygens (including phenoxy) is 1. The predicted molar refractivity (Wildman–Crippen MR) is 85.5 cm³/mol. The first-order chi connectivity index (χ1) is 10.3. The van der Waals surface area contributed by atoms with Gasteiger partial charge in [0.1, 0.15) is 5.75 Å². The van der Waals surface area contributed by atoms with Crippen molar-refractivity contribution in [1.82, 2.24) is 9.62 Å². The highest BCUT2D eigenvalue weighted by molar-refractivity contribution is 7.89. The summed E-state index contributed by atoms with van der Waals surface area (Å²) in [6.07, 6.45) is 0.837. The van der Waals surface area contributed by atoms with Gasteiger partial charge in [0.15, 0.2) is 0 Å². The molecule has 0 saturated heterocycles. The molecule has 0 bridgehead atoms. The van der Waals surface area contributed by atoms with Gasteiger partial charge in [-0.2, -0.15) is 0 Å². The highest BCUT2D eigenvalue weighted by Gasteiger charge is 2.17. The minimum absolute atomic E-state index is 0.0540. The van der Waals surface area contributed by atoms with E-state index in [2.05, 4.69) is 4.72 Å². The third-order valence-electron chi connectivity index (χ3n) is 3.28. The molecule has 1 N–H and O–H groups in total. The van der Waals surface area contributed by atoms with Crippen LogP contribution in [-0.2, 0) is 14.8 Å². The Bertz CT molecular complexity index is 614. The lowest BCUT2D eigenvalue weighted by Gasteiger charge is -2.20. The number of amides is 1. The van der Waals surface area contributed by atoms with Gasteiger partial charge in [-0.25, -0.2) is 13.1 Å². The Morgan fingerprint density at radius 2 is 2.00 bits per heavy atom. The van der Waals surface area contributed by atoms with Gasteiger partial charge < -0.3 is 9.64 Å². The number of sulfonamides is 1. The fraction of sp³-hybridized carbons (Fsp3) is 0.533. The maximum atomic E-state index is 12.3. The number of hydrogen-bond donors (Lipinski definition) is 1. The largest absolute Gasteiger partial charge is 0.497 e. The Morgan fingerprint density at radius 1 is 1.32 bits per heavy atom. The van der Waals surface area contributed by atoms with Crippen LogP contribution in [0.2, 0.25) is 0 Å². The molecule has 1 rings (SSSR count). The minimum atomic E-state index is -3.60. The average Bonchev–Trinajstić information content (AvgIpc) is 2.45. The quantitative estimate of drug-likeness (QED) is 0.785. The molecule has 22 heavy (non-hydrogen) atoms. The zero-order valence-electron chi connectivity index (χ0n) is 13.5. The second-order valence-electron chi connectivity index (χ2n) is 5.04. The lowest BCUT2D eigenvalue weighted by Crippen LogP contribution is -2.38. The molecular weight excluding hydrogens is 304 g/mol. The number of benzene rings is 1. The van der Waals surface area contributed by atoms with Crippen LogP contribution in [0.15, 0.2) is 23.1 Å². The number of carbonyl (C=O) groups excluding carboxylic acids is 1. The zero-order valence-corrected chi connectivity index (χ0v) is 14.4. The third-order valence-corrected chi connectivity index (χ3v) is 4.91. The van der Waals surface area contributed by atoms with E-state index < -0.39 is 10.0 Å². The Labute approximate surface area is 132 Å². The monoisotopic (exact) mass is 328 g/mol. The van der Waals surface area contributed by atoms with Crippen molar-refractivity contribution in [2.75, 3.05) is 26.7 Å². The van der Waals surface area contributed by atoms with Gasteiger partial charge in [0.2, 0.25) is 15.9 Å². The van der Waals surface area contributed by atoms with E-state index in [4.69, 9.17) is 4.74 Å². The standard InChI is InChI=1S/C15H24N2O4S/c1-5-9-17(13(3)18)10-8-16-22(19,20)15-7-6-14(21-4)11-12(15)2/h6-7,11,16H,5,8-10H2,1-4H3. The molecule has 1 aromatic carbocycles. The summed E-state index contributed by atoms with van der Waals surface area (Å²) in [5, 5.41) is 0. The van der Waals surface area contributed by atoms with Crippen LogP contribution in [0.5, 0.6) is 5.75 Å². The molecule has 0 unspecified atom stereocenters. The summed E-state index contributed by atoms with van der Waals surface area (Å²) in [7, 11) is -2.06. The first kappa shape index (κ1) is 18.4. The maximum Gasteiger partial charge on any atom is 0.240 e. The van der Waals surface area contributed by atoms with Gasteiger partial charge in [-0.3, -0.25) is 4.79 Å². The third kappa shape index (κ3) is 4.99. The molecule has 0 aliphatic heterocycles. The Balaban J connectivity index is 2.74. The maximum absolute atomic E-state index is 12.3. The molecular formula is C15H24N2O4S. The molecule has 0 aliphatic rings. The van der Waals surface area contributed by atoms with Gasteiger partial charge in [-0.15, -0.1) is 0 Å². The van der Waals surface area contributed by atoms with Crippen LogP contribution in [-0.4, -0.2) is 46.0 Å². The Morgan fingerprint density at radius 3 is 2.50 bits per heavy atom. The fourth-order valence-electron chi connectivity index (χ4n) is 2.14. The molecule has 0 saturated carbocycles. The summed E-state index contributed by atoms with van der Waals surface area (Å²) in [5.41, 5.74) is 0.615. The van der Waals surface area contributed by atoms with E-state index in [1.807, 2.05) is 6.92 Å². The van der Waals surface area contributed by atoms with Crippen molar-refractivity contribution in [1.29, 1.82) is 0 Å². The zero-order chi connectivity index (χ0) is 16.8. The van der Waals surface area contributed by atoms with Crippen LogP contribution in [0.25, 0.3) is 0 Å². The van der Waals surface area contributed by atoms with E-state index in [1.54, 1.807) is 24.0 Å². The molecule has 0 heterocycles. The van der Waals surface area contributed by atoms with E-state index in [9.17, 15) is 13.2 Å². The van der Waals surface area contributed by atoms with Crippen molar-refractivity contribution in [2.45, 2.75) is 32.1 Å². The lowest BCUT2D eigenvalue weighted by atomic mass is 10.2. The van der Waals surface area contributed by atoms with Gasteiger partial charge in [-0.05, 0) is 37.1 Å². The number of hydrogen-bond acceptors (Lipinski definition) is 4. The first-order valence-corrected chi connectivity index (χ1v) is 8.70. The molecule has 0 atom stereocenters. The van der Waals surface area contributed by atoms with E-state index in [1.165, 1.54) is 20.1 Å². The number of rotatable bonds is 8. The number of nitrogens with one attached hydrogen (secondary N) is 1. The normalized spacial score (nSPS) is 11.3. The Kier molecular flexibility index (Phi) is 6.83. The summed E-state index contributed by atoms with van der Waals surface area (Å²) >= 11 is 0. The summed E-state index contributed by atoms with van der Waals surface area (Å²) in [6.45, 7) is 6.35. The van der Waals surface area contributed by atoms with Crippen LogP contribution in [0.3, 0.4) is 0 Å². The first-order valence-electron chi connectivity index (χ1n) is 7.21. The SMILES string of the molecule is CCCN(CCNS(=O)(=O)c1ccc(OC)cc1C)C(C)=O. The minimum Gasteiger partial charge on any atom is -0.497 e. The smallest absolute Gasteiger partial charge is 0.240 e. The van der Waals surface area contributed by atoms with E-state index in [-0.39, 0.29) is 17.3 Å². The van der Waals surface area contributed by atoms with Gasteiger partial charge >= 0.3 is 0 Å². The number of carbonyl (C=O) groups is 1. The summed E-state index contributed by atoms with van der Waals surface area (Å²) < 4.78 is 32.2. The van der Waals surface area contributed by atoms with Gasteiger partial charge in [0.25, 0.3) is 0 Å². The van der Waals surface area contributed by atoms with Crippen molar-refractivity contribution in [3.05, 3.63) is 23.8 Å². The van der Waals surface area contributed by atoms with Crippen molar-refractivity contribution in [2.24, 2.45) is 0 Å². The molecule has 0 radical (unpaired) electrons. The van der Waals surface area contributed by atoms with Crippen LogP contribution in [0.1, 0.15) is 25.8 Å². The molecule has 1 amide bonds. The highest BCUT2D eigenvalue weighted by atomic mass is 32.2. The fourth-order valence-corrected chi connectivity index (χ4v) is 3.39. The number of aryl methyl sites for hydroxylation is 1. The van der Waals surface area contributed by atoms with Crippen molar-refractivity contribution < 1.29 is 17.9 Å². The second kappa shape index (κ2) is 8.14. The number of nitrogens with zero attached hydrogens (tertiary/aromatic N) is 1. The molecule has 0 aliphatic carbocycles. The Hall–Kier alpha value is -1.60. The van der Waals surface area contributed by atoms with E-state index in [0.717, 1.165) is 6.42 Å². The van der Waals surface area contributed by atoms with Gasteiger partial charge in [0, 0.05) is 26.6 Å². The van der Waals surface area contributed by atoms with Crippen molar-refractivity contribution >= 4 is 15.9 Å². The molecule has 0 aromatic heterocycles. The lowest BCUT2D eigenvalue weighted by molar-refractivity contribution is -0.128. The van der Waals surface area contributed by atoms with Crippen LogP contribution < -0.4 is 9.46 Å². The molecule has 7 heteroatoms. The summed E-state index contributed by atoms with van der Waals surface area (Å²) in [4.78, 5) is 13.3. The predicted octanol–water partition coefficient (Wildman–Crippen LogP) is 1.54. The molecule has 0 fully saturated rings. The average molecular weight is 328 g/mol. The second-order valence-corrected chi connectivity index (χ2v) is 6.77. The van der Waals surface area contributed by atoms with Crippen LogP contribution in [0.4, 0.5) is 0 Å². The molecule has 6 nitrogen and oxygen atoms in total. The number of methoxy groups -OCH3 is 1. The van der Waals surface area contributed by atoms with Crippen LogP contribution in [0, 0.1) is 6.92 Å². The van der Waals surface area contributed by atoms with E-state index >= 15 is 0 Å². The molecule has 1 aromatic rings. The van der Waals surface area contributed by atoms with Crippen LogP contribution >= 0.6 is 0 Å². The molecule has 124 valence electrons. The summed E-state index contributed by atoms with van der Waals surface area (Å²) in [6, 6.07) is 4.80. The van der Waals surface area contributed by atoms with Gasteiger partial charge in [0.05, 0.1) is 12.0 Å². The van der Waals surface area contributed by atoms with Gasteiger partial charge in [-0.1, -0.05) is 6.92 Å². The van der Waals surface area contributed by atoms with Crippen molar-refractivity contribution in [3.63, 3.8) is 0 Å². The molecule has 0 spiro atoms. The van der Waals surface area contributed by atoms with Crippen molar-refractivity contribution in [3.8, 4) is 5.75 Å². The summed E-state index contributed by atoms with van der Waals surface area (Å²) in [5.74, 6) is 0.559.